The van der Waals surface area contributed by atoms with Crippen molar-refractivity contribution in [2.24, 2.45) is 0 Å². The molecule has 1 heterocycles. The number of pyridine rings is 1. The fourth-order valence-corrected chi connectivity index (χ4v) is 5.00. The average Bonchev–Trinajstić information content (AvgIpc) is 2.85. The number of hydrogen-bond donors (Lipinski definition) is 0. The van der Waals surface area contributed by atoms with E-state index in [1.165, 1.54) is 22.3 Å². The van der Waals surface area contributed by atoms with Crippen LogP contribution >= 0.6 is 0 Å². The molecule has 0 saturated carbocycles. The van der Waals surface area contributed by atoms with Crippen LogP contribution in [-0.2, 0) is 25.9 Å². The van der Waals surface area contributed by atoms with Crippen molar-refractivity contribution in [1.29, 1.82) is 0 Å². The van der Waals surface area contributed by atoms with Crippen molar-refractivity contribution in [3.05, 3.63) is 82.5 Å². The van der Waals surface area contributed by atoms with Crippen molar-refractivity contribution >= 4 is 0 Å². The molecule has 0 bridgehead atoms. The molecule has 1 aromatic heterocycles. The third-order valence-electron chi connectivity index (χ3n) is 6.84. The first-order valence-corrected chi connectivity index (χ1v) is 12.5. The molecule has 33 heavy (non-hydrogen) atoms. The third kappa shape index (κ3) is 5.65. The van der Waals surface area contributed by atoms with Crippen LogP contribution in [0, 0.1) is 6.92 Å². The van der Waals surface area contributed by atoms with Crippen LogP contribution in [0.4, 0.5) is 0 Å². The van der Waals surface area contributed by atoms with Gasteiger partial charge < -0.3 is 4.74 Å². The molecule has 0 spiro atoms. The van der Waals surface area contributed by atoms with Crippen molar-refractivity contribution in [3.63, 3.8) is 0 Å². The van der Waals surface area contributed by atoms with Crippen LogP contribution in [0.2, 0.25) is 0 Å². The van der Waals surface area contributed by atoms with Crippen molar-refractivity contribution in [1.82, 2.24) is 9.88 Å². The minimum Gasteiger partial charge on any atom is -0.496 e. The summed E-state index contributed by atoms with van der Waals surface area (Å²) >= 11 is 0. The Labute approximate surface area is 200 Å². The molecule has 0 saturated heterocycles. The second-order valence-corrected chi connectivity index (χ2v) is 8.81. The largest absolute Gasteiger partial charge is 0.496 e. The van der Waals surface area contributed by atoms with Gasteiger partial charge in [-0.2, -0.15) is 0 Å². The summed E-state index contributed by atoms with van der Waals surface area (Å²) in [6.07, 6.45) is 6.29. The molecule has 176 valence electrons. The van der Waals surface area contributed by atoms with E-state index in [9.17, 15) is 0 Å². The molecule has 0 aliphatic heterocycles. The van der Waals surface area contributed by atoms with E-state index in [1.807, 2.05) is 6.20 Å². The van der Waals surface area contributed by atoms with Crippen molar-refractivity contribution in [3.8, 4) is 17.0 Å². The van der Waals surface area contributed by atoms with Crippen LogP contribution in [0.5, 0.6) is 5.75 Å². The summed E-state index contributed by atoms with van der Waals surface area (Å²) in [6, 6.07) is 17.9. The topological polar surface area (TPSA) is 25.4 Å². The lowest BCUT2D eigenvalue weighted by Gasteiger charge is -2.31. The minimum absolute atomic E-state index is 0.516. The molecule has 0 atom stereocenters. The second-order valence-electron chi connectivity index (χ2n) is 8.81. The van der Waals surface area contributed by atoms with Crippen LogP contribution in [0.3, 0.4) is 0 Å². The highest BCUT2D eigenvalue weighted by Gasteiger charge is 2.22. The second kappa shape index (κ2) is 12.0. The maximum Gasteiger partial charge on any atom is 0.129 e. The van der Waals surface area contributed by atoms with Gasteiger partial charge in [-0.25, -0.2) is 0 Å². The maximum atomic E-state index is 6.02. The summed E-state index contributed by atoms with van der Waals surface area (Å²) in [4.78, 5) is 7.61. The normalized spacial score (nSPS) is 11.4. The molecule has 3 rings (SSSR count). The highest BCUT2D eigenvalue weighted by Crippen LogP contribution is 2.36. The number of hydrogen-bond acceptors (Lipinski definition) is 3. The summed E-state index contributed by atoms with van der Waals surface area (Å²) in [7, 11) is 1.79. The lowest BCUT2D eigenvalue weighted by Crippen LogP contribution is -2.33. The van der Waals surface area contributed by atoms with Crippen molar-refractivity contribution in [2.45, 2.75) is 79.4 Å². The first-order chi connectivity index (χ1) is 16.1. The highest BCUT2D eigenvalue weighted by molar-refractivity contribution is 5.73. The van der Waals surface area contributed by atoms with Gasteiger partial charge >= 0.3 is 0 Å². The number of aromatic nitrogens is 1. The van der Waals surface area contributed by atoms with Gasteiger partial charge in [0, 0.05) is 42.0 Å². The number of benzene rings is 2. The standard InChI is InChI=1S/C30H40N2O/c1-7-24-17-14-18-25(8-2)28(24)29-22(5)30(33-6)26(19-31-29)21-32(27(9-3)10-4)20-23-15-12-11-13-16-23/h11-19,27H,7-10,20-21H2,1-6H3. The molecule has 0 unspecified atom stereocenters. The van der Waals surface area contributed by atoms with Crippen LogP contribution in [0.1, 0.15) is 68.4 Å². The van der Waals surface area contributed by atoms with Crippen LogP contribution < -0.4 is 4.74 Å². The molecule has 0 amide bonds. The fourth-order valence-electron chi connectivity index (χ4n) is 5.00. The van der Waals surface area contributed by atoms with Gasteiger partial charge in [-0.05, 0) is 49.3 Å². The highest BCUT2D eigenvalue weighted by atomic mass is 16.5. The Kier molecular flexibility index (Phi) is 9.08. The summed E-state index contributed by atoms with van der Waals surface area (Å²) in [5.41, 5.74) is 8.68. The Balaban J connectivity index is 2.03. The van der Waals surface area contributed by atoms with Crippen molar-refractivity contribution in [2.75, 3.05) is 7.11 Å². The predicted octanol–water partition coefficient (Wildman–Crippen LogP) is 7.38. The monoisotopic (exact) mass is 444 g/mol. The molecule has 3 nitrogen and oxygen atoms in total. The van der Waals surface area contributed by atoms with Gasteiger partial charge in [0.15, 0.2) is 0 Å². The van der Waals surface area contributed by atoms with Gasteiger partial charge in [0.05, 0.1) is 12.8 Å². The molecule has 0 radical (unpaired) electrons. The zero-order chi connectivity index (χ0) is 23.8. The number of ether oxygens (including phenoxy) is 1. The van der Waals surface area contributed by atoms with Crippen LogP contribution in [0.25, 0.3) is 11.3 Å². The van der Waals surface area contributed by atoms with E-state index in [1.54, 1.807) is 7.11 Å². The summed E-state index contributed by atoms with van der Waals surface area (Å²) in [5.74, 6) is 0.969. The Morgan fingerprint density at radius 1 is 0.818 bits per heavy atom. The number of rotatable bonds is 11. The Hall–Kier alpha value is -2.65. The minimum atomic E-state index is 0.516. The van der Waals surface area contributed by atoms with Gasteiger partial charge in [-0.3, -0.25) is 9.88 Å². The smallest absolute Gasteiger partial charge is 0.129 e. The van der Waals surface area contributed by atoms with E-state index in [0.717, 1.165) is 61.3 Å². The molecule has 0 fully saturated rings. The summed E-state index contributed by atoms with van der Waals surface area (Å²) < 4.78 is 6.02. The first-order valence-electron chi connectivity index (χ1n) is 12.5. The maximum absolute atomic E-state index is 6.02. The first kappa shape index (κ1) is 25.0. The Morgan fingerprint density at radius 2 is 1.45 bits per heavy atom. The fraction of sp³-hybridized carbons (Fsp3) is 0.433. The third-order valence-corrected chi connectivity index (χ3v) is 6.84. The van der Waals surface area contributed by atoms with E-state index in [-0.39, 0.29) is 0 Å². The van der Waals surface area contributed by atoms with E-state index in [0.29, 0.717) is 6.04 Å². The van der Waals surface area contributed by atoms with E-state index >= 15 is 0 Å². The Bertz CT molecular complexity index is 1000. The molecule has 3 heteroatoms. The van der Waals surface area contributed by atoms with Gasteiger partial charge in [-0.1, -0.05) is 76.2 Å². The van der Waals surface area contributed by atoms with Crippen LogP contribution in [-0.4, -0.2) is 23.0 Å². The molecule has 0 aliphatic carbocycles. The molecule has 3 aromatic rings. The molecular formula is C30H40N2O. The van der Waals surface area contributed by atoms with Gasteiger partial charge in [0.1, 0.15) is 5.75 Å². The predicted molar refractivity (Wildman–Crippen MR) is 140 cm³/mol. The molecular weight excluding hydrogens is 404 g/mol. The molecule has 0 aliphatic rings. The number of nitrogens with zero attached hydrogens (tertiary/aromatic N) is 2. The lowest BCUT2D eigenvalue weighted by molar-refractivity contribution is 0.166. The average molecular weight is 445 g/mol. The number of aryl methyl sites for hydroxylation is 2. The number of methoxy groups -OCH3 is 1. The van der Waals surface area contributed by atoms with Gasteiger partial charge in [0.2, 0.25) is 0 Å². The van der Waals surface area contributed by atoms with Crippen molar-refractivity contribution < 1.29 is 4.74 Å². The summed E-state index contributed by atoms with van der Waals surface area (Å²) in [5, 5.41) is 0. The van der Waals surface area contributed by atoms with Gasteiger partial charge in [0.25, 0.3) is 0 Å². The summed E-state index contributed by atoms with van der Waals surface area (Å²) in [6.45, 7) is 12.9. The van der Waals surface area contributed by atoms with E-state index < -0.39 is 0 Å². The zero-order valence-corrected chi connectivity index (χ0v) is 21.3. The van der Waals surface area contributed by atoms with E-state index in [2.05, 4.69) is 88.0 Å². The quantitative estimate of drug-likeness (QED) is 0.308. The van der Waals surface area contributed by atoms with Gasteiger partial charge in [-0.15, -0.1) is 0 Å². The lowest BCUT2D eigenvalue weighted by atomic mass is 9.92. The van der Waals surface area contributed by atoms with E-state index in [4.69, 9.17) is 9.72 Å². The Morgan fingerprint density at radius 3 is 2.00 bits per heavy atom. The molecule has 2 aromatic carbocycles. The SMILES string of the molecule is CCc1cccc(CC)c1-c1ncc(CN(Cc2ccccc2)C(CC)CC)c(OC)c1C. The van der Waals surface area contributed by atoms with Crippen LogP contribution in [0.15, 0.2) is 54.7 Å². The molecule has 0 N–H and O–H groups in total. The zero-order valence-electron chi connectivity index (χ0n) is 21.3.